The molecule has 0 bridgehead atoms. The molecule has 0 spiro atoms. The standard InChI is InChI=1S/C22H24N4O3S/c1-14-4-6-18(15(2)12-14)26-21(28)17(20(27)23-22(26)30)13-16-5-7-19(29-16)25-10-8-24(3)9-11-25/h4-7,12-13H,8-11H2,1-3H3,(H,23,27,30). The molecule has 0 unspecified atom stereocenters. The number of carbonyl (C=O) groups is 2. The van der Waals surface area contributed by atoms with E-state index in [2.05, 4.69) is 22.2 Å². The first kappa shape index (κ1) is 20.3. The topological polar surface area (TPSA) is 69.0 Å². The molecule has 2 aliphatic heterocycles. The molecule has 2 fully saturated rings. The van der Waals surface area contributed by atoms with Gasteiger partial charge in [-0.15, -0.1) is 0 Å². The van der Waals surface area contributed by atoms with Crippen LogP contribution in [-0.4, -0.2) is 55.1 Å². The molecule has 2 saturated heterocycles. The average Bonchev–Trinajstić information content (AvgIpc) is 3.16. The van der Waals surface area contributed by atoms with Crippen LogP contribution in [0.15, 0.2) is 40.3 Å². The van der Waals surface area contributed by atoms with Gasteiger partial charge in [-0.05, 0) is 56.9 Å². The molecule has 2 amide bonds. The zero-order valence-corrected chi connectivity index (χ0v) is 18.1. The van der Waals surface area contributed by atoms with Crippen molar-refractivity contribution in [1.29, 1.82) is 0 Å². The van der Waals surface area contributed by atoms with Crippen molar-refractivity contribution < 1.29 is 14.0 Å². The van der Waals surface area contributed by atoms with Gasteiger partial charge >= 0.3 is 0 Å². The maximum atomic E-state index is 13.2. The second-order valence-corrected chi connectivity index (χ2v) is 8.10. The predicted octanol–water partition coefficient (Wildman–Crippen LogP) is 2.48. The van der Waals surface area contributed by atoms with Crippen LogP contribution < -0.4 is 15.1 Å². The van der Waals surface area contributed by atoms with Gasteiger partial charge in [0, 0.05) is 32.2 Å². The number of furan rings is 1. The molecule has 2 aromatic rings. The fourth-order valence-electron chi connectivity index (χ4n) is 3.69. The summed E-state index contributed by atoms with van der Waals surface area (Å²) in [5.41, 5.74) is 2.62. The molecule has 1 aromatic carbocycles. The first-order valence-corrected chi connectivity index (χ1v) is 10.3. The fraction of sp³-hybridized carbons (Fsp3) is 0.318. The number of nitrogens with zero attached hydrogens (tertiary/aromatic N) is 3. The molecule has 156 valence electrons. The van der Waals surface area contributed by atoms with E-state index in [4.69, 9.17) is 16.6 Å². The molecule has 7 nitrogen and oxygen atoms in total. The predicted molar refractivity (Wildman–Crippen MR) is 121 cm³/mol. The highest BCUT2D eigenvalue weighted by molar-refractivity contribution is 7.80. The lowest BCUT2D eigenvalue weighted by molar-refractivity contribution is -0.122. The van der Waals surface area contributed by atoms with Crippen LogP contribution in [0, 0.1) is 13.8 Å². The van der Waals surface area contributed by atoms with Gasteiger partial charge in [-0.25, -0.2) is 0 Å². The quantitative estimate of drug-likeness (QED) is 0.464. The summed E-state index contributed by atoms with van der Waals surface area (Å²) in [6.07, 6.45) is 1.48. The molecule has 2 aliphatic rings. The van der Waals surface area contributed by atoms with Crippen molar-refractivity contribution >= 4 is 46.8 Å². The summed E-state index contributed by atoms with van der Waals surface area (Å²) in [5, 5.41) is 2.69. The average molecular weight is 425 g/mol. The normalized spacial score (nSPS) is 19.6. The number of hydrogen-bond acceptors (Lipinski definition) is 6. The van der Waals surface area contributed by atoms with E-state index in [1.54, 1.807) is 6.07 Å². The van der Waals surface area contributed by atoms with Crippen LogP contribution in [-0.2, 0) is 9.59 Å². The minimum absolute atomic E-state index is 0.0112. The number of nitrogens with one attached hydrogen (secondary N) is 1. The molecule has 0 aliphatic carbocycles. The lowest BCUT2D eigenvalue weighted by Gasteiger charge is -2.32. The molecular weight excluding hydrogens is 400 g/mol. The van der Waals surface area contributed by atoms with Gasteiger partial charge in [0.05, 0.1) is 5.69 Å². The zero-order chi connectivity index (χ0) is 21.4. The Morgan fingerprint density at radius 2 is 1.80 bits per heavy atom. The van der Waals surface area contributed by atoms with E-state index in [1.807, 2.05) is 38.1 Å². The van der Waals surface area contributed by atoms with E-state index in [9.17, 15) is 9.59 Å². The number of carbonyl (C=O) groups excluding carboxylic acids is 2. The highest BCUT2D eigenvalue weighted by atomic mass is 32.1. The molecule has 0 radical (unpaired) electrons. The maximum Gasteiger partial charge on any atom is 0.270 e. The summed E-state index contributed by atoms with van der Waals surface area (Å²) in [7, 11) is 2.09. The van der Waals surface area contributed by atoms with Gasteiger partial charge in [-0.1, -0.05) is 17.7 Å². The number of aryl methyl sites for hydroxylation is 2. The molecule has 30 heavy (non-hydrogen) atoms. The third kappa shape index (κ3) is 3.88. The van der Waals surface area contributed by atoms with E-state index in [-0.39, 0.29) is 10.7 Å². The number of likely N-dealkylation sites (N-methyl/N-ethyl adjacent to an activating group) is 1. The zero-order valence-electron chi connectivity index (χ0n) is 17.3. The number of piperazine rings is 1. The smallest absolute Gasteiger partial charge is 0.270 e. The largest absolute Gasteiger partial charge is 0.441 e. The molecule has 8 heteroatoms. The maximum absolute atomic E-state index is 13.2. The first-order valence-electron chi connectivity index (χ1n) is 9.85. The third-order valence-electron chi connectivity index (χ3n) is 5.41. The number of anilines is 2. The van der Waals surface area contributed by atoms with Crippen molar-refractivity contribution in [3.63, 3.8) is 0 Å². The Kier molecular flexibility index (Phi) is 5.44. The molecule has 0 atom stereocenters. The van der Waals surface area contributed by atoms with Gasteiger partial charge in [0.15, 0.2) is 11.0 Å². The van der Waals surface area contributed by atoms with Crippen molar-refractivity contribution in [2.24, 2.45) is 0 Å². The summed E-state index contributed by atoms with van der Waals surface area (Å²) in [4.78, 5) is 31.5. The monoisotopic (exact) mass is 424 g/mol. The summed E-state index contributed by atoms with van der Waals surface area (Å²) in [6.45, 7) is 7.55. The Morgan fingerprint density at radius 1 is 1.07 bits per heavy atom. The molecule has 4 rings (SSSR count). The lowest BCUT2D eigenvalue weighted by atomic mass is 10.1. The van der Waals surface area contributed by atoms with Crippen LogP contribution in [0.2, 0.25) is 0 Å². The number of benzene rings is 1. The Labute approximate surface area is 180 Å². The minimum Gasteiger partial charge on any atom is -0.441 e. The molecule has 1 aromatic heterocycles. The Morgan fingerprint density at radius 3 is 2.50 bits per heavy atom. The third-order valence-corrected chi connectivity index (χ3v) is 5.69. The van der Waals surface area contributed by atoms with Crippen LogP contribution in [0.25, 0.3) is 6.08 Å². The number of rotatable bonds is 3. The van der Waals surface area contributed by atoms with Crippen molar-refractivity contribution in [3.05, 3.63) is 52.8 Å². The number of thiocarbonyl (C=S) groups is 1. The van der Waals surface area contributed by atoms with Gasteiger partial charge in [0.1, 0.15) is 11.3 Å². The van der Waals surface area contributed by atoms with Gasteiger partial charge < -0.3 is 14.2 Å². The lowest BCUT2D eigenvalue weighted by Crippen LogP contribution is -2.54. The Bertz CT molecular complexity index is 1050. The molecular formula is C22H24N4O3S. The van der Waals surface area contributed by atoms with Gasteiger partial charge in [-0.2, -0.15) is 0 Å². The van der Waals surface area contributed by atoms with Crippen LogP contribution in [0.1, 0.15) is 16.9 Å². The van der Waals surface area contributed by atoms with Crippen LogP contribution >= 0.6 is 12.2 Å². The molecule has 1 N–H and O–H groups in total. The van der Waals surface area contributed by atoms with Crippen LogP contribution in [0.3, 0.4) is 0 Å². The highest BCUT2D eigenvalue weighted by Crippen LogP contribution is 2.27. The van der Waals surface area contributed by atoms with Crippen molar-refractivity contribution in [2.75, 3.05) is 43.0 Å². The second-order valence-electron chi connectivity index (χ2n) is 7.71. The van der Waals surface area contributed by atoms with E-state index in [0.717, 1.165) is 43.2 Å². The summed E-state index contributed by atoms with van der Waals surface area (Å²) in [5.74, 6) is 0.202. The van der Waals surface area contributed by atoms with Gasteiger partial charge in [0.2, 0.25) is 0 Å². The van der Waals surface area contributed by atoms with Gasteiger partial charge in [0.25, 0.3) is 11.8 Å². The minimum atomic E-state index is -0.524. The van der Waals surface area contributed by atoms with Crippen LogP contribution in [0.4, 0.5) is 11.6 Å². The number of hydrogen-bond donors (Lipinski definition) is 1. The Hall–Kier alpha value is -2.97. The highest BCUT2D eigenvalue weighted by Gasteiger charge is 2.35. The van der Waals surface area contributed by atoms with Crippen molar-refractivity contribution in [3.8, 4) is 0 Å². The van der Waals surface area contributed by atoms with Crippen LogP contribution in [0.5, 0.6) is 0 Å². The van der Waals surface area contributed by atoms with E-state index >= 15 is 0 Å². The SMILES string of the molecule is Cc1ccc(N2C(=O)C(=Cc3ccc(N4CCN(C)CC4)o3)C(=O)NC2=S)c(C)c1. The summed E-state index contributed by atoms with van der Waals surface area (Å²) >= 11 is 5.28. The molecule has 3 heterocycles. The van der Waals surface area contributed by atoms with E-state index in [1.165, 1.54) is 11.0 Å². The van der Waals surface area contributed by atoms with E-state index in [0.29, 0.717) is 11.4 Å². The number of amides is 2. The van der Waals surface area contributed by atoms with Crippen molar-refractivity contribution in [2.45, 2.75) is 13.8 Å². The fourth-order valence-corrected chi connectivity index (χ4v) is 3.97. The van der Waals surface area contributed by atoms with Crippen molar-refractivity contribution in [1.82, 2.24) is 10.2 Å². The van der Waals surface area contributed by atoms with Gasteiger partial charge in [-0.3, -0.25) is 19.8 Å². The Balaban J connectivity index is 1.61. The van der Waals surface area contributed by atoms with E-state index < -0.39 is 11.8 Å². The summed E-state index contributed by atoms with van der Waals surface area (Å²) in [6, 6.07) is 9.36. The summed E-state index contributed by atoms with van der Waals surface area (Å²) < 4.78 is 5.91. The first-order chi connectivity index (χ1) is 14.3. The second kappa shape index (κ2) is 8.04. The molecule has 0 saturated carbocycles.